The summed E-state index contributed by atoms with van der Waals surface area (Å²) in [6.45, 7) is -0.458. The third-order valence-electron chi connectivity index (χ3n) is 3.68. The molecule has 1 aliphatic rings. The number of nitrogens with zero attached hydrogens (tertiary/aromatic N) is 3. The summed E-state index contributed by atoms with van der Waals surface area (Å²) in [6, 6.07) is 7.62. The van der Waals surface area contributed by atoms with Gasteiger partial charge in [-0.3, -0.25) is 19.2 Å². The first kappa shape index (κ1) is 15.6. The number of imide groups is 1. The molecular weight excluding hydrogens is 317 g/mol. The van der Waals surface area contributed by atoms with Gasteiger partial charge in [0.05, 0.1) is 30.5 Å². The lowest BCUT2D eigenvalue weighted by Gasteiger charge is -2.16. The second kappa shape index (κ2) is 6.07. The minimum atomic E-state index is -1.20. The molecule has 3 rings (SSSR count). The molecule has 0 atom stereocenters. The number of carboxylic acid groups (broad SMARTS) is 1. The van der Waals surface area contributed by atoms with E-state index in [2.05, 4.69) is 5.10 Å². The number of carbonyl (C=O) groups is 3. The molecule has 2 amide bonds. The molecule has 0 saturated heterocycles. The number of carbonyl (C=O) groups excluding carboxylic acids is 2. The molecule has 1 N–H and O–H groups in total. The van der Waals surface area contributed by atoms with Crippen LogP contribution in [0.5, 0.6) is 0 Å². The van der Waals surface area contributed by atoms with Gasteiger partial charge in [0.15, 0.2) is 0 Å². The SMILES string of the molecule is O=C(O)c1ccnn1C/C(=C/F)CN1C(=O)c2ccccc2C1=O. The lowest BCUT2D eigenvalue weighted by Crippen LogP contribution is -2.32. The third kappa shape index (κ3) is 2.58. The fourth-order valence-electron chi connectivity index (χ4n) is 2.54. The van der Waals surface area contributed by atoms with Crippen molar-refractivity contribution in [1.29, 1.82) is 0 Å². The Morgan fingerprint density at radius 1 is 1.12 bits per heavy atom. The zero-order valence-corrected chi connectivity index (χ0v) is 12.3. The van der Waals surface area contributed by atoms with Crippen LogP contribution in [0.1, 0.15) is 31.2 Å². The summed E-state index contributed by atoms with van der Waals surface area (Å²) in [5, 5.41) is 12.9. The van der Waals surface area contributed by atoms with Gasteiger partial charge in [0.25, 0.3) is 11.8 Å². The van der Waals surface area contributed by atoms with Gasteiger partial charge < -0.3 is 5.11 Å². The minimum absolute atomic E-state index is 0.0516. The van der Waals surface area contributed by atoms with Crippen LogP contribution >= 0.6 is 0 Å². The maximum atomic E-state index is 13.2. The molecule has 8 heteroatoms. The molecule has 0 fully saturated rings. The van der Waals surface area contributed by atoms with Gasteiger partial charge >= 0.3 is 5.97 Å². The molecule has 1 aliphatic heterocycles. The highest BCUT2D eigenvalue weighted by Crippen LogP contribution is 2.23. The van der Waals surface area contributed by atoms with E-state index in [1.54, 1.807) is 12.1 Å². The average molecular weight is 329 g/mol. The van der Waals surface area contributed by atoms with E-state index in [1.165, 1.54) is 24.4 Å². The number of amides is 2. The molecule has 2 aromatic rings. The first-order valence-electron chi connectivity index (χ1n) is 7.01. The lowest BCUT2D eigenvalue weighted by molar-refractivity contribution is 0.0654. The van der Waals surface area contributed by atoms with Crippen LogP contribution in [0.3, 0.4) is 0 Å². The number of hydrogen-bond donors (Lipinski definition) is 1. The molecule has 1 aromatic heterocycles. The third-order valence-corrected chi connectivity index (χ3v) is 3.68. The highest BCUT2D eigenvalue weighted by atomic mass is 19.1. The normalized spacial score (nSPS) is 14.2. The second-order valence-corrected chi connectivity index (χ2v) is 5.19. The minimum Gasteiger partial charge on any atom is -0.477 e. The fourth-order valence-corrected chi connectivity index (χ4v) is 2.54. The highest BCUT2D eigenvalue weighted by molar-refractivity contribution is 6.21. The number of halogens is 1. The average Bonchev–Trinajstić information content (AvgIpc) is 3.13. The van der Waals surface area contributed by atoms with Gasteiger partial charge in [-0.2, -0.15) is 5.10 Å². The highest BCUT2D eigenvalue weighted by Gasteiger charge is 2.35. The molecule has 0 spiro atoms. The van der Waals surface area contributed by atoms with Crippen molar-refractivity contribution in [2.24, 2.45) is 0 Å². The maximum Gasteiger partial charge on any atom is 0.354 e. The molecule has 0 radical (unpaired) electrons. The van der Waals surface area contributed by atoms with Crippen LogP contribution in [-0.2, 0) is 6.54 Å². The number of aromatic nitrogens is 2. The van der Waals surface area contributed by atoms with E-state index in [9.17, 15) is 18.8 Å². The van der Waals surface area contributed by atoms with Gasteiger partial charge in [0.2, 0.25) is 0 Å². The summed E-state index contributed by atoms with van der Waals surface area (Å²) in [7, 11) is 0. The molecular formula is C16H12FN3O4. The number of carboxylic acids is 1. The van der Waals surface area contributed by atoms with Gasteiger partial charge in [-0.1, -0.05) is 12.1 Å². The number of rotatable bonds is 5. The van der Waals surface area contributed by atoms with Crippen molar-refractivity contribution in [2.45, 2.75) is 6.54 Å². The van der Waals surface area contributed by atoms with Crippen LogP contribution in [0, 0.1) is 0 Å². The molecule has 7 nitrogen and oxygen atoms in total. The zero-order valence-electron chi connectivity index (χ0n) is 12.3. The second-order valence-electron chi connectivity index (χ2n) is 5.19. The quantitative estimate of drug-likeness (QED) is 0.843. The standard InChI is InChI=1S/C16H12FN3O4/c17-7-10(9-20-13(16(23)24)5-6-18-20)8-19-14(21)11-3-1-2-4-12(11)15(19)22/h1-7H,8-9H2,(H,23,24)/b10-7+. The van der Waals surface area contributed by atoms with Crippen molar-refractivity contribution in [3.05, 3.63) is 65.3 Å². The van der Waals surface area contributed by atoms with E-state index in [0.29, 0.717) is 0 Å². The summed E-state index contributed by atoms with van der Waals surface area (Å²) in [4.78, 5) is 36.5. The van der Waals surface area contributed by atoms with Crippen LogP contribution in [0.15, 0.2) is 48.4 Å². The summed E-state index contributed by atoms with van der Waals surface area (Å²) < 4.78 is 14.3. The van der Waals surface area contributed by atoms with Crippen LogP contribution in [-0.4, -0.2) is 44.1 Å². The van der Waals surface area contributed by atoms with Gasteiger partial charge in [0.1, 0.15) is 5.69 Å². The van der Waals surface area contributed by atoms with Gasteiger partial charge in [-0.15, -0.1) is 0 Å². The molecule has 0 bridgehead atoms. The first-order chi connectivity index (χ1) is 11.5. The predicted molar refractivity (Wildman–Crippen MR) is 80.2 cm³/mol. The topological polar surface area (TPSA) is 92.5 Å². The fraction of sp³-hybridized carbons (Fsp3) is 0.125. The van der Waals surface area contributed by atoms with Crippen LogP contribution in [0.4, 0.5) is 4.39 Å². The predicted octanol–water partition coefficient (Wildman–Crippen LogP) is 1.73. The zero-order chi connectivity index (χ0) is 17.3. The maximum absolute atomic E-state index is 13.2. The van der Waals surface area contributed by atoms with Crippen molar-refractivity contribution >= 4 is 17.8 Å². The molecule has 1 aromatic carbocycles. The number of hydrogen-bond acceptors (Lipinski definition) is 4. The monoisotopic (exact) mass is 329 g/mol. The Morgan fingerprint density at radius 3 is 2.29 bits per heavy atom. The van der Waals surface area contributed by atoms with Crippen molar-refractivity contribution < 1.29 is 23.9 Å². The summed E-state index contributed by atoms with van der Waals surface area (Å²) in [5.74, 6) is -2.21. The van der Waals surface area contributed by atoms with E-state index < -0.39 is 17.8 Å². The van der Waals surface area contributed by atoms with Gasteiger partial charge in [-0.25, -0.2) is 9.18 Å². The summed E-state index contributed by atoms with van der Waals surface area (Å²) >= 11 is 0. The van der Waals surface area contributed by atoms with Crippen molar-refractivity contribution in [3.63, 3.8) is 0 Å². The van der Waals surface area contributed by atoms with Crippen LogP contribution in [0.25, 0.3) is 0 Å². The molecule has 0 saturated carbocycles. The van der Waals surface area contributed by atoms with Crippen molar-refractivity contribution in [1.82, 2.24) is 14.7 Å². The Morgan fingerprint density at radius 2 is 1.75 bits per heavy atom. The van der Waals surface area contributed by atoms with E-state index in [0.717, 1.165) is 9.58 Å². The Labute approximate surface area is 135 Å². The van der Waals surface area contributed by atoms with Crippen LogP contribution < -0.4 is 0 Å². The smallest absolute Gasteiger partial charge is 0.354 e. The first-order valence-corrected chi connectivity index (χ1v) is 7.01. The Bertz CT molecular complexity index is 837. The lowest BCUT2D eigenvalue weighted by atomic mass is 10.1. The van der Waals surface area contributed by atoms with E-state index in [1.807, 2.05) is 0 Å². The van der Waals surface area contributed by atoms with Gasteiger partial charge in [-0.05, 0) is 23.8 Å². The Hall–Kier alpha value is -3.29. The van der Waals surface area contributed by atoms with Crippen molar-refractivity contribution in [2.75, 3.05) is 6.54 Å². The number of aromatic carboxylic acids is 1. The molecule has 0 aliphatic carbocycles. The van der Waals surface area contributed by atoms with E-state index in [4.69, 9.17) is 5.11 Å². The number of benzene rings is 1. The van der Waals surface area contributed by atoms with E-state index >= 15 is 0 Å². The molecule has 0 unspecified atom stereocenters. The van der Waals surface area contributed by atoms with Crippen LogP contribution in [0.2, 0.25) is 0 Å². The van der Waals surface area contributed by atoms with Gasteiger partial charge in [0, 0.05) is 6.20 Å². The Kier molecular flexibility index (Phi) is 3.95. The molecule has 2 heterocycles. The van der Waals surface area contributed by atoms with Crippen molar-refractivity contribution in [3.8, 4) is 0 Å². The Balaban J connectivity index is 1.80. The molecule has 24 heavy (non-hydrogen) atoms. The van der Waals surface area contributed by atoms with E-state index in [-0.39, 0.29) is 41.8 Å². The largest absolute Gasteiger partial charge is 0.477 e. The molecule has 122 valence electrons. The summed E-state index contributed by atoms with van der Waals surface area (Å²) in [5.41, 5.74) is 0.476. The number of fused-ring (bicyclic) bond motifs is 1. The summed E-state index contributed by atoms with van der Waals surface area (Å²) in [6.07, 6.45) is 1.54.